The van der Waals surface area contributed by atoms with Gasteiger partial charge in [-0.3, -0.25) is 4.90 Å². The molecule has 0 unspecified atom stereocenters. The molecule has 0 aromatic heterocycles. The topological polar surface area (TPSA) is 65.1 Å². The number of morpholine rings is 1. The third-order valence-electron chi connectivity index (χ3n) is 3.42. The predicted molar refractivity (Wildman–Crippen MR) is 87.1 cm³/mol. The highest BCUT2D eigenvalue weighted by Gasteiger charge is 2.09. The maximum atomic E-state index is 11.4. The molecule has 132 valence electrons. The lowest BCUT2D eigenvalue weighted by Gasteiger charge is -2.26. The highest BCUT2D eigenvalue weighted by molar-refractivity contribution is 5.91. The normalized spacial score (nSPS) is 16.0. The average molecular weight is 327 g/mol. The Bertz CT molecular complexity index is 375. The van der Waals surface area contributed by atoms with Crippen LogP contribution >= 0.6 is 0 Å². The third kappa shape index (κ3) is 10.9. The number of rotatable bonds is 10. The molecule has 1 aliphatic rings. The van der Waals surface area contributed by atoms with Gasteiger partial charge in [-0.1, -0.05) is 12.8 Å². The van der Waals surface area contributed by atoms with Gasteiger partial charge in [0.1, 0.15) is 0 Å². The van der Waals surface area contributed by atoms with Crippen molar-refractivity contribution in [3.8, 4) is 0 Å². The predicted octanol–water partition coefficient (Wildman–Crippen LogP) is 1.93. The smallest absolute Gasteiger partial charge is 0.331 e. The van der Waals surface area contributed by atoms with E-state index in [4.69, 9.17) is 14.2 Å². The van der Waals surface area contributed by atoms with Crippen molar-refractivity contribution in [3.63, 3.8) is 0 Å². The molecule has 6 nitrogen and oxygen atoms in total. The summed E-state index contributed by atoms with van der Waals surface area (Å²) in [6.07, 6.45) is 6.20. The van der Waals surface area contributed by atoms with Gasteiger partial charge in [0.05, 0.1) is 25.9 Å². The largest absolute Gasteiger partial charge is 0.463 e. The summed E-state index contributed by atoms with van der Waals surface area (Å²) in [5, 5.41) is 0. The summed E-state index contributed by atoms with van der Waals surface area (Å²) in [5.74, 6) is -1.03. The van der Waals surface area contributed by atoms with Gasteiger partial charge in [-0.15, -0.1) is 0 Å². The number of carbonyl (C=O) groups is 2. The molecule has 0 aliphatic carbocycles. The quantitative estimate of drug-likeness (QED) is 0.347. The molecular formula is C17H29NO5. The van der Waals surface area contributed by atoms with E-state index >= 15 is 0 Å². The number of carbonyl (C=O) groups excluding carboxylic acids is 2. The van der Waals surface area contributed by atoms with Crippen molar-refractivity contribution in [2.75, 3.05) is 39.5 Å². The molecule has 1 aliphatic heterocycles. The zero-order valence-electron chi connectivity index (χ0n) is 14.3. The minimum atomic E-state index is -0.528. The summed E-state index contributed by atoms with van der Waals surface area (Å²) < 4.78 is 15.2. The van der Waals surface area contributed by atoms with Crippen LogP contribution < -0.4 is 0 Å². The van der Waals surface area contributed by atoms with E-state index in [2.05, 4.69) is 4.90 Å². The van der Waals surface area contributed by atoms with Gasteiger partial charge < -0.3 is 14.2 Å². The molecule has 0 saturated carbocycles. The van der Waals surface area contributed by atoms with E-state index in [1.54, 1.807) is 13.8 Å². The first-order chi connectivity index (χ1) is 11.1. The fourth-order valence-corrected chi connectivity index (χ4v) is 2.24. The Morgan fingerprint density at radius 1 is 1.04 bits per heavy atom. The number of nitrogens with zero attached hydrogens (tertiary/aromatic N) is 1. The van der Waals surface area contributed by atoms with Gasteiger partial charge in [-0.2, -0.15) is 0 Å². The average Bonchev–Trinajstić information content (AvgIpc) is 2.52. The summed E-state index contributed by atoms with van der Waals surface area (Å²) in [4.78, 5) is 25.0. The second-order valence-corrected chi connectivity index (χ2v) is 5.85. The first kappa shape index (κ1) is 19.6. The molecule has 1 heterocycles. The van der Waals surface area contributed by atoms with Crippen LogP contribution in [-0.4, -0.2) is 62.4 Å². The van der Waals surface area contributed by atoms with E-state index < -0.39 is 11.9 Å². The molecule has 0 spiro atoms. The number of esters is 2. The number of unbranched alkanes of at least 4 members (excludes halogenated alkanes) is 3. The molecule has 0 amide bonds. The molecule has 1 fully saturated rings. The first-order valence-corrected chi connectivity index (χ1v) is 8.43. The van der Waals surface area contributed by atoms with Gasteiger partial charge in [0.25, 0.3) is 0 Å². The Kier molecular flexibility index (Phi) is 10.3. The van der Waals surface area contributed by atoms with Crippen LogP contribution in [0.1, 0.15) is 39.5 Å². The number of ether oxygens (including phenoxy) is 3. The molecule has 23 heavy (non-hydrogen) atoms. The summed E-state index contributed by atoms with van der Waals surface area (Å²) in [7, 11) is 0. The minimum absolute atomic E-state index is 0.194. The van der Waals surface area contributed by atoms with Gasteiger partial charge in [-0.25, -0.2) is 9.59 Å². The van der Waals surface area contributed by atoms with Gasteiger partial charge in [-0.05, 0) is 33.2 Å². The minimum Gasteiger partial charge on any atom is -0.463 e. The summed E-state index contributed by atoms with van der Waals surface area (Å²) in [6, 6.07) is 0. The Balaban J connectivity index is 1.94. The lowest BCUT2D eigenvalue weighted by Crippen LogP contribution is -2.36. The highest BCUT2D eigenvalue weighted by Crippen LogP contribution is 2.04. The van der Waals surface area contributed by atoms with E-state index in [1.165, 1.54) is 0 Å². The van der Waals surface area contributed by atoms with Crippen molar-refractivity contribution < 1.29 is 23.8 Å². The Morgan fingerprint density at radius 2 is 1.70 bits per heavy atom. The van der Waals surface area contributed by atoms with Crippen molar-refractivity contribution in [2.45, 2.75) is 45.6 Å². The highest BCUT2D eigenvalue weighted by atomic mass is 16.5. The van der Waals surface area contributed by atoms with Gasteiger partial charge in [0.15, 0.2) is 0 Å². The van der Waals surface area contributed by atoms with Crippen molar-refractivity contribution in [2.24, 2.45) is 0 Å². The second kappa shape index (κ2) is 12.1. The number of hydrogen-bond donors (Lipinski definition) is 0. The van der Waals surface area contributed by atoms with Gasteiger partial charge in [0, 0.05) is 25.2 Å². The van der Waals surface area contributed by atoms with Gasteiger partial charge in [0.2, 0.25) is 0 Å². The molecule has 6 heteroatoms. The molecule has 1 saturated heterocycles. The summed E-state index contributed by atoms with van der Waals surface area (Å²) in [5.41, 5.74) is 0. The Hall–Kier alpha value is -1.40. The van der Waals surface area contributed by atoms with E-state index in [1.807, 2.05) is 0 Å². The van der Waals surface area contributed by atoms with E-state index in [-0.39, 0.29) is 6.10 Å². The molecule has 0 N–H and O–H groups in total. The van der Waals surface area contributed by atoms with Crippen LogP contribution in [0.2, 0.25) is 0 Å². The molecule has 0 atom stereocenters. The Labute approximate surface area is 138 Å². The molecular weight excluding hydrogens is 298 g/mol. The maximum Gasteiger partial charge on any atom is 0.331 e. The van der Waals surface area contributed by atoms with Crippen molar-refractivity contribution in [1.29, 1.82) is 0 Å². The van der Waals surface area contributed by atoms with Crippen LogP contribution in [0.3, 0.4) is 0 Å². The zero-order chi connectivity index (χ0) is 16.9. The monoisotopic (exact) mass is 327 g/mol. The van der Waals surface area contributed by atoms with Crippen molar-refractivity contribution in [3.05, 3.63) is 12.2 Å². The fourth-order valence-electron chi connectivity index (χ4n) is 2.24. The van der Waals surface area contributed by atoms with E-state index in [9.17, 15) is 9.59 Å². The van der Waals surface area contributed by atoms with Crippen LogP contribution in [0.5, 0.6) is 0 Å². The molecule has 0 aromatic carbocycles. The van der Waals surface area contributed by atoms with E-state index in [0.29, 0.717) is 6.61 Å². The lowest BCUT2D eigenvalue weighted by atomic mass is 10.2. The Morgan fingerprint density at radius 3 is 2.39 bits per heavy atom. The molecule has 0 radical (unpaired) electrons. The second-order valence-electron chi connectivity index (χ2n) is 5.85. The maximum absolute atomic E-state index is 11.4. The van der Waals surface area contributed by atoms with Crippen LogP contribution in [0.4, 0.5) is 0 Å². The fraction of sp³-hybridized carbons (Fsp3) is 0.765. The van der Waals surface area contributed by atoms with Crippen molar-refractivity contribution in [1.82, 2.24) is 4.90 Å². The van der Waals surface area contributed by atoms with Gasteiger partial charge >= 0.3 is 11.9 Å². The van der Waals surface area contributed by atoms with Crippen LogP contribution in [0.25, 0.3) is 0 Å². The molecule has 0 bridgehead atoms. The molecule has 1 rings (SSSR count). The standard InChI is InChI=1S/C17H29NO5/c1-15(2)23-17(20)8-7-16(19)22-12-6-4-3-5-9-18-10-13-21-14-11-18/h7-8,15H,3-6,9-14H2,1-2H3/b8-7+. The third-order valence-corrected chi connectivity index (χ3v) is 3.42. The van der Waals surface area contributed by atoms with Crippen LogP contribution in [0.15, 0.2) is 12.2 Å². The lowest BCUT2D eigenvalue weighted by molar-refractivity contribution is -0.142. The number of hydrogen-bond acceptors (Lipinski definition) is 6. The first-order valence-electron chi connectivity index (χ1n) is 8.43. The van der Waals surface area contributed by atoms with Crippen LogP contribution in [-0.2, 0) is 23.8 Å². The van der Waals surface area contributed by atoms with Crippen LogP contribution in [0, 0.1) is 0 Å². The van der Waals surface area contributed by atoms with E-state index in [0.717, 1.165) is 70.7 Å². The molecule has 0 aromatic rings. The van der Waals surface area contributed by atoms with Crippen molar-refractivity contribution >= 4 is 11.9 Å². The summed E-state index contributed by atoms with van der Waals surface area (Å²) in [6.45, 7) is 8.75. The summed E-state index contributed by atoms with van der Waals surface area (Å²) >= 11 is 0. The SMILES string of the molecule is CC(C)OC(=O)/C=C/C(=O)OCCCCCCN1CCOCC1. The zero-order valence-corrected chi connectivity index (χ0v) is 14.3.